The SMILES string of the molecule is CCCNCCN1CCN(CC)C(C)C1. The maximum atomic E-state index is 3.47. The van der Waals surface area contributed by atoms with Gasteiger partial charge in [-0.25, -0.2) is 0 Å². The van der Waals surface area contributed by atoms with Gasteiger partial charge >= 0.3 is 0 Å². The first-order valence-electron chi connectivity index (χ1n) is 6.45. The number of piperazine rings is 1. The summed E-state index contributed by atoms with van der Waals surface area (Å²) in [6.45, 7) is 15.3. The molecule has 1 fully saturated rings. The summed E-state index contributed by atoms with van der Waals surface area (Å²) in [5.74, 6) is 0. The van der Waals surface area contributed by atoms with Gasteiger partial charge < -0.3 is 5.32 Å². The summed E-state index contributed by atoms with van der Waals surface area (Å²) in [6.07, 6.45) is 1.24. The van der Waals surface area contributed by atoms with Crippen molar-refractivity contribution < 1.29 is 0 Å². The van der Waals surface area contributed by atoms with E-state index < -0.39 is 0 Å². The van der Waals surface area contributed by atoms with Gasteiger partial charge in [-0.3, -0.25) is 9.80 Å². The summed E-state index contributed by atoms with van der Waals surface area (Å²) in [6, 6.07) is 0.731. The summed E-state index contributed by atoms with van der Waals surface area (Å²) in [5.41, 5.74) is 0. The number of nitrogens with one attached hydrogen (secondary N) is 1. The molecule has 0 aromatic carbocycles. The minimum Gasteiger partial charge on any atom is -0.315 e. The van der Waals surface area contributed by atoms with Crippen molar-refractivity contribution in [2.45, 2.75) is 33.2 Å². The molecule has 0 bridgehead atoms. The first kappa shape index (κ1) is 12.9. The van der Waals surface area contributed by atoms with Gasteiger partial charge in [-0.1, -0.05) is 13.8 Å². The minimum absolute atomic E-state index is 0.731. The molecule has 1 aliphatic rings. The van der Waals surface area contributed by atoms with Crippen LogP contribution in [0.15, 0.2) is 0 Å². The van der Waals surface area contributed by atoms with Crippen LogP contribution in [0.5, 0.6) is 0 Å². The maximum Gasteiger partial charge on any atom is 0.0195 e. The topological polar surface area (TPSA) is 18.5 Å². The molecule has 0 aromatic rings. The first-order valence-corrected chi connectivity index (χ1v) is 6.45. The van der Waals surface area contributed by atoms with Crippen molar-refractivity contribution in [3.8, 4) is 0 Å². The smallest absolute Gasteiger partial charge is 0.0195 e. The third kappa shape index (κ3) is 4.49. The molecular weight excluding hydrogens is 186 g/mol. The molecule has 1 atom stereocenters. The normalized spacial score (nSPS) is 24.6. The van der Waals surface area contributed by atoms with E-state index in [9.17, 15) is 0 Å². The highest BCUT2D eigenvalue weighted by atomic mass is 15.3. The third-order valence-corrected chi connectivity index (χ3v) is 3.29. The Kier molecular flexibility index (Phi) is 6.22. The molecule has 0 radical (unpaired) electrons. The third-order valence-electron chi connectivity index (χ3n) is 3.29. The van der Waals surface area contributed by atoms with Crippen molar-refractivity contribution in [1.29, 1.82) is 0 Å². The standard InChI is InChI=1S/C12H27N3/c1-4-6-13-7-8-14-9-10-15(5-2)12(3)11-14/h12-13H,4-11H2,1-3H3. The van der Waals surface area contributed by atoms with E-state index in [0.29, 0.717) is 0 Å². The van der Waals surface area contributed by atoms with Gasteiger partial charge in [0, 0.05) is 38.8 Å². The number of hydrogen-bond acceptors (Lipinski definition) is 3. The van der Waals surface area contributed by atoms with Gasteiger partial charge in [0.1, 0.15) is 0 Å². The summed E-state index contributed by atoms with van der Waals surface area (Å²) in [5, 5.41) is 3.47. The van der Waals surface area contributed by atoms with Crippen molar-refractivity contribution in [2.24, 2.45) is 0 Å². The predicted molar refractivity (Wildman–Crippen MR) is 66.3 cm³/mol. The molecular formula is C12H27N3. The van der Waals surface area contributed by atoms with Crippen molar-refractivity contribution >= 4 is 0 Å². The molecule has 1 aliphatic heterocycles. The predicted octanol–water partition coefficient (Wildman–Crippen LogP) is 1.01. The van der Waals surface area contributed by atoms with Crippen LogP contribution in [0.25, 0.3) is 0 Å². The van der Waals surface area contributed by atoms with Crippen LogP contribution in [0.1, 0.15) is 27.2 Å². The fourth-order valence-electron chi connectivity index (χ4n) is 2.28. The number of nitrogens with zero attached hydrogens (tertiary/aromatic N) is 2. The lowest BCUT2D eigenvalue weighted by molar-refractivity contribution is 0.0888. The van der Waals surface area contributed by atoms with Gasteiger partial charge in [0.15, 0.2) is 0 Å². The molecule has 0 spiro atoms. The lowest BCUT2D eigenvalue weighted by Gasteiger charge is -2.39. The Hall–Kier alpha value is -0.120. The average Bonchev–Trinajstić information content (AvgIpc) is 2.25. The molecule has 1 heterocycles. The molecule has 0 aromatic heterocycles. The van der Waals surface area contributed by atoms with E-state index in [0.717, 1.165) is 19.1 Å². The van der Waals surface area contributed by atoms with E-state index >= 15 is 0 Å². The van der Waals surface area contributed by atoms with Crippen LogP contribution in [-0.2, 0) is 0 Å². The summed E-state index contributed by atoms with van der Waals surface area (Å²) < 4.78 is 0. The Morgan fingerprint density at radius 1 is 1.20 bits per heavy atom. The molecule has 90 valence electrons. The highest BCUT2D eigenvalue weighted by molar-refractivity contribution is 4.78. The lowest BCUT2D eigenvalue weighted by atomic mass is 10.2. The summed E-state index contributed by atoms with van der Waals surface area (Å²) in [4.78, 5) is 5.15. The number of rotatable bonds is 6. The Bertz CT molecular complexity index is 161. The second-order valence-electron chi connectivity index (χ2n) is 4.53. The van der Waals surface area contributed by atoms with Crippen molar-refractivity contribution in [3.63, 3.8) is 0 Å². The quantitative estimate of drug-likeness (QED) is 0.664. The molecule has 1 saturated heterocycles. The first-order chi connectivity index (χ1) is 7.27. The molecule has 15 heavy (non-hydrogen) atoms. The number of hydrogen-bond donors (Lipinski definition) is 1. The Labute approximate surface area is 94.8 Å². The number of likely N-dealkylation sites (N-methyl/N-ethyl adjacent to an activating group) is 1. The maximum absolute atomic E-state index is 3.47. The molecule has 0 aliphatic carbocycles. The highest BCUT2D eigenvalue weighted by Gasteiger charge is 2.21. The van der Waals surface area contributed by atoms with Crippen molar-refractivity contribution in [3.05, 3.63) is 0 Å². The van der Waals surface area contributed by atoms with Gasteiger partial charge in [-0.05, 0) is 26.4 Å². The van der Waals surface area contributed by atoms with E-state index in [1.807, 2.05) is 0 Å². The van der Waals surface area contributed by atoms with Crippen LogP contribution in [0.4, 0.5) is 0 Å². The fraction of sp³-hybridized carbons (Fsp3) is 1.00. The second-order valence-corrected chi connectivity index (χ2v) is 4.53. The van der Waals surface area contributed by atoms with Crippen LogP contribution < -0.4 is 5.32 Å². The zero-order chi connectivity index (χ0) is 11.1. The average molecular weight is 213 g/mol. The van der Waals surface area contributed by atoms with Crippen molar-refractivity contribution in [2.75, 3.05) is 45.8 Å². The monoisotopic (exact) mass is 213 g/mol. The van der Waals surface area contributed by atoms with E-state index in [4.69, 9.17) is 0 Å². The Morgan fingerprint density at radius 3 is 2.60 bits per heavy atom. The molecule has 1 unspecified atom stereocenters. The highest BCUT2D eigenvalue weighted by Crippen LogP contribution is 2.07. The largest absolute Gasteiger partial charge is 0.315 e. The van der Waals surface area contributed by atoms with Gasteiger partial charge in [-0.15, -0.1) is 0 Å². The van der Waals surface area contributed by atoms with Gasteiger partial charge in [0.2, 0.25) is 0 Å². The van der Waals surface area contributed by atoms with E-state index in [1.54, 1.807) is 0 Å². The van der Waals surface area contributed by atoms with E-state index in [-0.39, 0.29) is 0 Å². The molecule has 1 N–H and O–H groups in total. The van der Waals surface area contributed by atoms with E-state index in [1.165, 1.54) is 39.1 Å². The van der Waals surface area contributed by atoms with Crippen LogP contribution in [-0.4, -0.2) is 61.7 Å². The van der Waals surface area contributed by atoms with E-state index in [2.05, 4.69) is 35.9 Å². The van der Waals surface area contributed by atoms with Gasteiger partial charge in [-0.2, -0.15) is 0 Å². The van der Waals surface area contributed by atoms with Crippen LogP contribution in [0, 0.1) is 0 Å². The second kappa shape index (κ2) is 7.20. The van der Waals surface area contributed by atoms with Crippen LogP contribution in [0.3, 0.4) is 0 Å². The molecule has 3 heteroatoms. The van der Waals surface area contributed by atoms with Gasteiger partial charge in [0.05, 0.1) is 0 Å². The Balaban J connectivity index is 2.11. The molecule has 1 rings (SSSR count). The Morgan fingerprint density at radius 2 is 2.00 bits per heavy atom. The fourth-order valence-corrected chi connectivity index (χ4v) is 2.28. The van der Waals surface area contributed by atoms with Crippen LogP contribution >= 0.6 is 0 Å². The zero-order valence-corrected chi connectivity index (χ0v) is 10.6. The minimum atomic E-state index is 0.731. The zero-order valence-electron chi connectivity index (χ0n) is 10.6. The molecule has 3 nitrogen and oxygen atoms in total. The van der Waals surface area contributed by atoms with Crippen molar-refractivity contribution in [1.82, 2.24) is 15.1 Å². The van der Waals surface area contributed by atoms with Crippen LogP contribution in [0.2, 0.25) is 0 Å². The summed E-state index contributed by atoms with van der Waals surface area (Å²) in [7, 11) is 0. The molecule has 0 saturated carbocycles. The van der Waals surface area contributed by atoms with Gasteiger partial charge in [0.25, 0.3) is 0 Å². The molecule has 0 amide bonds. The lowest BCUT2D eigenvalue weighted by Crippen LogP contribution is -2.52. The summed E-state index contributed by atoms with van der Waals surface area (Å²) >= 11 is 0.